The van der Waals surface area contributed by atoms with Gasteiger partial charge in [0.15, 0.2) is 12.0 Å². The largest absolute Gasteiger partial charge is 0.462 e. The number of epoxide rings is 2. The first-order chi connectivity index (χ1) is 20.8. The Morgan fingerprint density at radius 3 is 2.61 bits per heavy atom. The van der Waals surface area contributed by atoms with Crippen LogP contribution >= 0.6 is 0 Å². The van der Waals surface area contributed by atoms with Crippen LogP contribution in [0.15, 0.2) is 52.2 Å². The lowest BCUT2D eigenvalue weighted by Crippen LogP contribution is -2.41. The molecule has 2 bridgehead atoms. The third-order valence-electron chi connectivity index (χ3n) is 9.42. The van der Waals surface area contributed by atoms with Crippen LogP contribution in [0.5, 0.6) is 0 Å². The molecule has 1 aromatic heterocycles. The average molecular weight is 612 g/mol. The molecule has 0 saturated carbocycles. The Hall–Kier alpha value is -3.05. The number of carbonyl (C=O) groups excluding carboxylic acids is 2. The molecule has 10 heteroatoms. The number of hydrogen-bond acceptors (Lipinski definition) is 10. The Morgan fingerprint density at radius 2 is 1.89 bits per heavy atom. The first-order valence-electron chi connectivity index (χ1n) is 15.6. The van der Waals surface area contributed by atoms with E-state index < -0.39 is 41.9 Å². The molecule has 44 heavy (non-hydrogen) atoms. The van der Waals surface area contributed by atoms with E-state index in [0.717, 1.165) is 11.3 Å². The molecule has 240 valence electrons. The molecular formula is C34H45NO9. The summed E-state index contributed by atoms with van der Waals surface area (Å²) in [6.07, 6.45) is 10.2. The highest BCUT2D eigenvalue weighted by Gasteiger charge is 2.57. The molecule has 11 atom stereocenters. The molecule has 1 aromatic rings. The standard InChI is InChI=1S/C34H45NO9/c1-18(12-24-17-40-22(5)35-24)8-7-9-20(3)31(38)21(4)26-16-28(36)34(6)29(44-34)11-10-19(2)25-13-23(15-30(37)41-25)14-27-32(42-27)33(39)43-26/h7-12,17,19,21,23,25-29,31-32,36,38H,13-16H2,1-6H3/b8-7+,11-10+,18-12+,20-9+/t19-,21+,23+,25-,26+,27+,28+,29-,31+,32-,34-/m1/s1. The van der Waals surface area contributed by atoms with Crippen molar-refractivity contribution < 1.29 is 43.2 Å². The minimum absolute atomic E-state index is 0.0290. The van der Waals surface area contributed by atoms with Gasteiger partial charge in [0.1, 0.15) is 35.9 Å². The highest BCUT2D eigenvalue weighted by atomic mass is 16.6. The van der Waals surface area contributed by atoms with Crippen LogP contribution in [0.25, 0.3) is 6.08 Å². The maximum absolute atomic E-state index is 13.2. The van der Waals surface area contributed by atoms with Crippen molar-refractivity contribution in [3.8, 4) is 0 Å². The number of ether oxygens (including phenoxy) is 4. The monoisotopic (exact) mass is 611 g/mol. The van der Waals surface area contributed by atoms with Crippen LogP contribution in [0.2, 0.25) is 0 Å². The van der Waals surface area contributed by atoms with Crippen molar-refractivity contribution in [3.05, 3.63) is 59.4 Å². The zero-order valence-corrected chi connectivity index (χ0v) is 26.3. The summed E-state index contributed by atoms with van der Waals surface area (Å²) in [5, 5.41) is 22.6. The summed E-state index contributed by atoms with van der Waals surface area (Å²) in [7, 11) is 0. The number of fused-ring (bicyclic) bond motifs is 4. The number of aromatic nitrogens is 1. The summed E-state index contributed by atoms with van der Waals surface area (Å²) in [6, 6.07) is 0. The van der Waals surface area contributed by atoms with Crippen LogP contribution in [0, 0.1) is 24.7 Å². The lowest BCUT2D eigenvalue weighted by atomic mass is 9.84. The Kier molecular flexibility index (Phi) is 9.65. The van der Waals surface area contributed by atoms with E-state index in [0.29, 0.717) is 30.7 Å². The predicted molar refractivity (Wildman–Crippen MR) is 161 cm³/mol. The van der Waals surface area contributed by atoms with Crippen LogP contribution in [0.3, 0.4) is 0 Å². The number of nitrogens with zero attached hydrogens (tertiary/aromatic N) is 1. The van der Waals surface area contributed by atoms with Crippen LogP contribution in [0.4, 0.5) is 0 Å². The number of allylic oxidation sites excluding steroid dienone is 4. The van der Waals surface area contributed by atoms with Gasteiger partial charge >= 0.3 is 11.9 Å². The Bertz CT molecular complexity index is 1340. The van der Waals surface area contributed by atoms with Crippen molar-refractivity contribution in [2.75, 3.05) is 0 Å². The molecule has 5 heterocycles. The molecule has 0 spiro atoms. The molecule has 10 nitrogen and oxygen atoms in total. The fourth-order valence-electron chi connectivity index (χ4n) is 6.25. The van der Waals surface area contributed by atoms with Crippen molar-refractivity contribution in [2.24, 2.45) is 17.8 Å². The van der Waals surface area contributed by atoms with Crippen molar-refractivity contribution in [3.63, 3.8) is 0 Å². The van der Waals surface area contributed by atoms with E-state index in [9.17, 15) is 19.8 Å². The first-order valence-corrected chi connectivity index (χ1v) is 15.6. The second kappa shape index (κ2) is 13.1. The lowest BCUT2D eigenvalue weighted by molar-refractivity contribution is -0.159. The molecule has 2 N–H and O–H groups in total. The fraction of sp³-hybridized carbons (Fsp3) is 0.618. The van der Waals surface area contributed by atoms with Crippen LogP contribution in [-0.2, 0) is 28.5 Å². The van der Waals surface area contributed by atoms with Gasteiger partial charge in [-0.15, -0.1) is 0 Å². The van der Waals surface area contributed by atoms with Crippen molar-refractivity contribution in [2.45, 2.75) is 116 Å². The average Bonchev–Trinajstić information content (AvgIpc) is 3.84. The zero-order chi connectivity index (χ0) is 31.8. The molecule has 5 rings (SSSR count). The summed E-state index contributed by atoms with van der Waals surface area (Å²) in [5.74, 6) is -0.684. The maximum Gasteiger partial charge on any atom is 0.338 e. The van der Waals surface area contributed by atoms with Crippen LogP contribution < -0.4 is 0 Å². The molecule has 0 radical (unpaired) electrons. The first kappa shape index (κ1) is 32.3. The quantitative estimate of drug-likeness (QED) is 0.206. The van der Waals surface area contributed by atoms with Gasteiger partial charge in [-0.3, -0.25) is 4.79 Å². The van der Waals surface area contributed by atoms with E-state index >= 15 is 0 Å². The smallest absolute Gasteiger partial charge is 0.338 e. The molecule has 0 aromatic carbocycles. The Morgan fingerprint density at radius 1 is 1.14 bits per heavy atom. The maximum atomic E-state index is 13.2. The number of carbonyl (C=O) groups is 2. The molecule has 4 aliphatic heterocycles. The van der Waals surface area contributed by atoms with Gasteiger partial charge < -0.3 is 33.6 Å². The van der Waals surface area contributed by atoms with Gasteiger partial charge in [-0.2, -0.15) is 0 Å². The zero-order valence-electron chi connectivity index (χ0n) is 26.3. The molecule has 3 saturated heterocycles. The van der Waals surface area contributed by atoms with Gasteiger partial charge in [-0.1, -0.05) is 44.2 Å². The van der Waals surface area contributed by atoms with E-state index in [1.54, 1.807) is 20.1 Å². The summed E-state index contributed by atoms with van der Waals surface area (Å²) >= 11 is 0. The number of aliphatic hydroxyl groups excluding tert-OH is 2. The SMILES string of the molecule is CC(/C=C/C=C(\C)[C@H](O)[C@@H](C)[C@@H]1C[C@H](O)[C@@]2(C)O[C@@H]2/C=C/[C@@H](C)[C@H]2C[C@H](CC(=O)O2)C[C@@H]2O[C@H]2C(=O)O1)=C\c1coc(C)n1. The normalized spacial score (nSPS) is 38.6. The van der Waals surface area contributed by atoms with E-state index in [1.807, 2.05) is 64.2 Å². The number of oxazole rings is 1. The van der Waals surface area contributed by atoms with Crippen LogP contribution in [-0.4, -0.2) is 75.5 Å². The molecule has 0 amide bonds. The minimum atomic E-state index is -0.960. The van der Waals surface area contributed by atoms with Crippen molar-refractivity contribution >= 4 is 18.0 Å². The van der Waals surface area contributed by atoms with Gasteiger partial charge in [0.25, 0.3) is 0 Å². The van der Waals surface area contributed by atoms with E-state index in [1.165, 1.54) is 0 Å². The van der Waals surface area contributed by atoms with Gasteiger partial charge in [0, 0.05) is 31.6 Å². The third-order valence-corrected chi connectivity index (χ3v) is 9.42. The third kappa shape index (κ3) is 7.59. The highest BCUT2D eigenvalue weighted by Crippen LogP contribution is 2.44. The van der Waals surface area contributed by atoms with E-state index in [4.69, 9.17) is 23.4 Å². The van der Waals surface area contributed by atoms with Crippen LogP contribution in [0.1, 0.15) is 71.9 Å². The van der Waals surface area contributed by atoms with Gasteiger partial charge in [0.2, 0.25) is 0 Å². The Balaban J connectivity index is 1.30. The summed E-state index contributed by atoms with van der Waals surface area (Å²) in [4.78, 5) is 29.9. The highest BCUT2D eigenvalue weighted by molar-refractivity contribution is 5.78. The Labute approximate surface area is 258 Å². The molecular weight excluding hydrogens is 566 g/mol. The van der Waals surface area contributed by atoms with Crippen molar-refractivity contribution in [1.29, 1.82) is 0 Å². The second-order valence-electron chi connectivity index (χ2n) is 13.1. The summed E-state index contributed by atoms with van der Waals surface area (Å²) < 4.78 is 28.5. The summed E-state index contributed by atoms with van der Waals surface area (Å²) in [5.41, 5.74) is 1.49. The molecule has 0 unspecified atom stereocenters. The van der Waals surface area contributed by atoms with E-state index in [2.05, 4.69) is 4.98 Å². The van der Waals surface area contributed by atoms with Gasteiger partial charge in [0.05, 0.1) is 18.3 Å². The summed E-state index contributed by atoms with van der Waals surface area (Å²) in [6.45, 7) is 11.2. The predicted octanol–water partition coefficient (Wildman–Crippen LogP) is 4.39. The number of aliphatic hydroxyl groups is 2. The van der Waals surface area contributed by atoms with Crippen molar-refractivity contribution in [1.82, 2.24) is 4.98 Å². The number of cyclic esters (lactones) is 1. The number of hydrogen-bond donors (Lipinski definition) is 2. The number of aryl methyl sites for hydroxylation is 1. The van der Waals surface area contributed by atoms with Gasteiger partial charge in [-0.25, -0.2) is 9.78 Å². The topological polar surface area (TPSA) is 144 Å². The minimum Gasteiger partial charge on any atom is -0.462 e. The number of rotatable bonds is 6. The van der Waals surface area contributed by atoms with E-state index in [-0.39, 0.29) is 42.5 Å². The molecule has 3 fully saturated rings. The molecule has 0 aliphatic carbocycles. The molecule has 4 aliphatic rings. The fourth-order valence-corrected chi connectivity index (χ4v) is 6.25. The van der Waals surface area contributed by atoms with Gasteiger partial charge in [-0.05, 0) is 56.8 Å². The second-order valence-corrected chi connectivity index (χ2v) is 13.1. The lowest BCUT2D eigenvalue weighted by Gasteiger charge is -2.32. The number of esters is 2.